The van der Waals surface area contributed by atoms with Crippen molar-refractivity contribution >= 4 is 22.8 Å². The van der Waals surface area contributed by atoms with Gasteiger partial charge in [-0.15, -0.1) is 0 Å². The first-order chi connectivity index (χ1) is 13.8. The minimum atomic E-state index is -0.257. The monoisotopic (exact) mass is 372 g/mol. The standard InChI is InChI=1S/C21H20N6O/c28-20(26-14-16-5-3-4-10-22-16)19-9-12-24-21(27-19)23-11-8-15-13-25-18-7-2-1-6-17(15)18/h1-7,9-10,12-13,25H,8,11,14H2,(H,26,28)(H,23,24,27). The highest BCUT2D eigenvalue weighted by molar-refractivity contribution is 5.92. The summed E-state index contributed by atoms with van der Waals surface area (Å²) < 4.78 is 0. The summed E-state index contributed by atoms with van der Waals surface area (Å²) >= 11 is 0. The van der Waals surface area contributed by atoms with Crippen molar-refractivity contribution in [3.05, 3.63) is 84.1 Å². The molecule has 0 saturated carbocycles. The Hall–Kier alpha value is -3.74. The molecule has 3 heterocycles. The summed E-state index contributed by atoms with van der Waals surface area (Å²) in [5, 5.41) is 7.22. The topological polar surface area (TPSA) is 95.6 Å². The summed E-state index contributed by atoms with van der Waals surface area (Å²) in [6.45, 7) is 1.02. The average Bonchev–Trinajstić information content (AvgIpc) is 3.16. The molecule has 0 aliphatic rings. The van der Waals surface area contributed by atoms with Crippen molar-refractivity contribution in [1.82, 2.24) is 25.3 Å². The second-order valence-corrected chi connectivity index (χ2v) is 6.31. The van der Waals surface area contributed by atoms with Crippen LogP contribution in [0, 0.1) is 0 Å². The Morgan fingerprint density at radius 3 is 2.79 bits per heavy atom. The number of hydrogen-bond acceptors (Lipinski definition) is 5. The molecular weight excluding hydrogens is 352 g/mol. The van der Waals surface area contributed by atoms with E-state index >= 15 is 0 Å². The Morgan fingerprint density at radius 2 is 1.89 bits per heavy atom. The number of nitrogens with one attached hydrogen (secondary N) is 3. The maximum Gasteiger partial charge on any atom is 0.270 e. The molecule has 7 nitrogen and oxygen atoms in total. The first kappa shape index (κ1) is 17.7. The zero-order valence-electron chi connectivity index (χ0n) is 15.2. The van der Waals surface area contributed by atoms with E-state index in [4.69, 9.17) is 0 Å². The van der Waals surface area contributed by atoms with Crippen molar-refractivity contribution in [1.29, 1.82) is 0 Å². The number of amides is 1. The molecule has 3 N–H and O–H groups in total. The molecular formula is C21H20N6O. The van der Waals surface area contributed by atoms with Crippen LogP contribution in [0.3, 0.4) is 0 Å². The zero-order chi connectivity index (χ0) is 19.2. The van der Waals surface area contributed by atoms with Gasteiger partial charge in [0.05, 0.1) is 12.2 Å². The number of rotatable bonds is 7. The lowest BCUT2D eigenvalue weighted by molar-refractivity contribution is 0.0945. The molecule has 1 aromatic carbocycles. The fourth-order valence-electron chi connectivity index (χ4n) is 2.98. The highest BCUT2D eigenvalue weighted by Gasteiger charge is 2.09. The lowest BCUT2D eigenvalue weighted by atomic mass is 10.1. The number of aromatic amines is 1. The van der Waals surface area contributed by atoms with Gasteiger partial charge in [0.15, 0.2) is 0 Å². The molecule has 0 aliphatic carbocycles. The highest BCUT2D eigenvalue weighted by atomic mass is 16.1. The maximum absolute atomic E-state index is 12.3. The number of aromatic nitrogens is 4. The van der Waals surface area contributed by atoms with Crippen LogP contribution in [-0.4, -0.2) is 32.4 Å². The number of para-hydroxylation sites is 1. The van der Waals surface area contributed by atoms with Crippen molar-refractivity contribution in [2.24, 2.45) is 0 Å². The minimum Gasteiger partial charge on any atom is -0.361 e. The second kappa shape index (κ2) is 8.30. The first-order valence-corrected chi connectivity index (χ1v) is 9.09. The highest BCUT2D eigenvalue weighted by Crippen LogP contribution is 2.18. The molecule has 7 heteroatoms. The van der Waals surface area contributed by atoms with Crippen molar-refractivity contribution in [2.45, 2.75) is 13.0 Å². The molecule has 0 radical (unpaired) electrons. The molecule has 4 rings (SSSR count). The minimum absolute atomic E-state index is 0.257. The van der Waals surface area contributed by atoms with Crippen LogP contribution in [-0.2, 0) is 13.0 Å². The van der Waals surface area contributed by atoms with Crippen molar-refractivity contribution in [3.63, 3.8) is 0 Å². The zero-order valence-corrected chi connectivity index (χ0v) is 15.2. The fraction of sp³-hybridized carbons (Fsp3) is 0.143. The molecule has 0 atom stereocenters. The van der Waals surface area contributed by atoms with Gasteiger partial charge in [0.25, 0.3) is 5.91 Å². The molecule has 140 valence electrons. The molecule has 0 unspecified atom stereocenters. The van der Waals surface area contributed by atoms with E-state index in [0.717, 1.165) is 17.6 Å². The number of benzene rings is 1. The fourth-order valence-corrected chi connectivity index (χ4v) is 2.98. The predicted molar refractivity (Wildman–Crippen MR) is 108 cm³/mol. The number of H-pyrrole nitrogens is 1. The van der Waals surface area contributed by atoms with Gasteiger partial charge in [0, 0.05) is 36.0 Å². The molecule has 3 aromatic heterocycles. The van der Waals surface area contributed by atoms with E-state index < -0.39 is 0 Å². The summed E-state index contributed by atoms with van der Waals surface area (Å²) in [6, 6.07) is 15.4. The quantitative estimate of drug-likeness (QED) is 0.464. The smallest absolute Gasteiger partial charge is 0.270 e. The molecule has 0 bridgehead atoms. The SMILES string of the molecule is O=C(NCc1ccccn1)c1ccnc(NCCc2c[nH]c3ccccc23)n1. The number of carbonyl (C=O) groups is 1. The summed E-state index contributed by atoms with van der Waals surface area (Å²) in [5.41, 5.74) is 3.47. The molecule has 28 heavy (non-hydrogen) atoms. The van der Waals surface area contributed by atoms with E-state index in [1.54, 1.807) is 18.5 Å². The number of pyridine rings is 1. The van der Waals surface area contributed by atoms with E-state index in [2.05, 4.69) is 42.7 Å². The molecule has 0 aliphatic heterocycles. The van der Waals surface area contributed by atoms with Crippen molar-refractivity contribution in [3.8, 4) is 0 Å². The van der Waals surface area contributed by atoms with Crippen LogP contribution in [0.2, 0.25) is 0 Å². The van der Waals surface area contributed by atoms with Crippen molar-refractivity contribution < 1.29 is 4.79 Å². The Morgan fingerprint density at radius 1 is 1.00 bits per heavy atom. The van der Waals surface area contributed by atoms with Crippen LogP contribution in [0.5, 0.6) is 0 Å². The van der Waals surface area contributed by atoms with Gasteiger partial charge in [-0.05, 0) is 36.2 Å². The maximum atomic E-state index is 12.3. The Labute approximate surface area is 162 Å². The molecule has 0 saturated heterocycles. The first-order valence-electron chi connectivity index (χ1n) is 9.09. The Balaban J connectivity index is 1.33. The van der Waals surface area contributed by atoms with Gasteiger partial charge >= 0.3 is 0 Å². The van der Waals surface area contributed by atoms with E-state index in [-0.39, 0.29) is 5.91 Å². The van der Waals surface area contributed by atoms with Crippen LogP contribution < -0.4 is 10.6 Å². The van der Waals surface area contributed by atoms with E-state index in [0.29, 0.717) is 24.7 Å². The van der Waals surface area contributed by atoms with Gasteiger partial charge in [0.2, 0.25) is 5.95 Å². The van der Waals surface area contributed by atoms with Gasteiger partial charge in [-0.1, -0.05) is 24.3 Å². The van der Waals surface area contributed by atoms with Crippen LogP contribution in [0.4, 0.5) is 5.95 Å². The molecule has 1 amide bonds. The van der Waals surface area contributed by atoms with Gasteiger partial charge in [-0.25, -0.2) is 9.97 Å². The second-order valence-electron chi connectivity index (χ2n) is 6.31. The predicted octanol–water partition coefficient (Wildman–Crippen LogP) is 2.94. The summed E-state index contributed by atoms with van der Waals surface area (Å²) in [6.07, 6.45) is 6.12. The van der Waals surface area contributed by atoms with E-state index in [9.17, 15) is 4.79 Å². The van der Waals surface area contributed by atoms with Gasteiger partial charge in [-0.3, -0.25) is 9.78 Å². The van der Waals surface area contributed by atoms with Crippen LogP contribution >= 0.6 is 0 Å². The van der Waals surface area contributed by atoms with Crippen LogP contribution in [0.15, 0.2) is 67.1 Å². The molecule has 4 aromatic rings. The van der Waals surface area contributed by atoms with Crippen molar-refractivity contribution in [2.75, 3.05) is 11.9 Å². The summed E-state index contributed by atoms with van der Waals surface area (Å²) in [4.78, 5) is 28.3. The van der Waals surface area contributed by atoms with E-state index in [1.165, 1.54) is 10.9 Å². The molecule has 0 fully saturated rings. The third-order valence-electron chi connectivity index (χ3n) is 4.40. The number of nitrogens with zero attached hydrogens (tertiary/aromatic N) is 3. The Bertz CT molecular complexity index is 1080. The Kier molecular flexibility index (Phi) is 5.24. The molecule has 0 spiro atoms. The van der Waals surface area contributed by atoms with Crippen LogP contribution in [0.1, 0.15) is 21.7 Å². The normalized spacial score (nSPS) is 10.7. The number of anilines is 1. The summed E-state index contributed by atoms with van der Waals surface area (Å²) in [5.74, 6) is 0.179. The third kappa shape index (κ3) is 4.15. The number of carbonyl (C=O) groups excluding carboxylic acids is 1. The van der Waals surface area contributed by atoms with Crippen LogP contribution in [0.25, 0.3) is 10.9 Å². The van der Waals surface area contributed by atoms with E-state index in [1.807, 2.05) is 36.5 Å². The van der Waals surface area contributed by atoms with Gasteiger partial charge in [0.1, 0.15) is 5.69 Å². The van der Waals surface area contributed by atoms with Gasteiger partial charge in [-0.2, -0.15) is 0 Å². The third-order valence-corrected chi connectivity index (χ3v) is 4.40. The lowest BCUT2D eigenvalue weighted by Gasteiger charge is -2.07. The number of hydrogen-bond donors (Lipinski definition) is 3. The summed E-state index contributed by atoms with van der Waals surface area (Å²) in [7, 11) is 0. The number of fused-ring (bicyclic) bond motifs is 1. The van der Waals surface area contributed by atoms with Gasteiger partial charge < -0.3 is 15.6 Å². The lowest BCUT2D eigenvalue weighted by Crippen LogP contribution is -2.24. The largest absolute Gasteiger partial charge is 0.361 e. The average molecular weight is 372 g/mol.